The Bertz CT molecular complexity index is 931. The number of H-pyrrole nitrogens is 1. The van der Waals surface area contributed by atoms with E-state index in [2.05, 4.69) is 17.1 Å². The predicted molar refractivity (Wildman–Crippen MR) is 109 cm³/mol. The summed E-state index contributed by atoms with van der Waals surface area (Å²) in [7, 11) is 0. The van der Waals surface area contributed by atoms with Crippen LogP contribution < -0.4 is 0 Å². The van der Waals surface area contributed by atoms with Gasteiger partial charge in [0.05, 0.1) is 11.4 Å². The molecule has 4 nitrogen and oxygen atoms in total. The Balaban J connectivity index is 1.51. The van der Waals surface area contributed by atoms with Crippen LogP contribution in [0.4, 0.5) is 0 Å². The summed E-state index contributed by atoms with van der Waals surface area (Å²) in [6.45, 7) is 3.91. The van der Waals surface area contributed by atoms with Crippen molar-refractivity contribution in [3.05, 3.63) is 65.2 Å². The zero-order valence-electron chi connectivity index (χ0n) is 15.3. The minimum absolute atomic E-state index is 0.122. The first-order valence-electron chi connectivity index (χ1n) is 9.31. The molecule has 0 spiro atoms. The molecule has 1 aromatic heterocycles. The summed E-state index contributed by atoms with van der Waals surface area (Å²) in [6.07, 6.45) is 2.30. The number of carbonyl (C=O) groups excluding carboxylic acids is 1. The van der Waals surface area contributed by atoms with Crippen molar-refractivity contribution in [3.8, 4) is 22.5 Å². The van der Waals surface area contributed by atoms with Crippen LogP contribution in [-0.2, 0) is 0 Å². The van der Waals surface area contributed by atoms with Gasteiger partial charge < -0.3 is 4.90 Å². The molecule has 5 heteroatoms. The molecule has 27 heavy (non-hydrogen) atoms. The summed E-state index contributed by atoms with van der Waals surface area (Å²) >= 11 is 5.95. The lowest BCUT2D eigenvalue weighted by Gasteiger charge is -2.31. The van der Waals surface area contributed by atoms with Crippen molar-refractivity contribution in [2.45, 2.75) is 19.8 Å². The van der Waals surface area contributed by atoms with Crippen LogP contribution in [0.3, 0.4) is 0 Å². The maximum absolute atomic E-state index is 12.7. The van der Waals surface area contributed by atoms with E-state index in [1.165, 1.54) is 6.42 Å². The normalized spacial score (nSPS) is 17.1. The summed E-state index contributed by atoms with van der Waals surface area (Å²) in [4.78, 5) is 14.7. The summed E-state index contributed by atoms with van der Waals surface area (Å²) < 4.78 is 0. The maximum atomic E-state index is 12.7. The van der Waals surface area contributed by atoms with Gasteiger partial charge in [0.2, 0.25) is 0 Å². The molecule has 4 rings (SSSR count). The van der Waals surface area contributed by atoms with Crippen LogP contribution in [0.2, 0.25) is 5.02 Å². The molecule has 0 radical (unpaired) electrons. The molecule has 0 bridgehead atoms. The zero-order chi connectivity index (χ0) is 18.8. The minimum atomic E-state index is 0.122. The van der Waals surface area contributed by atoms with Gasteiger partial charge in [-0.25, -0.2) is 0 Å². The van der Waals surface area contributed by atoms with Gasteiger partial charge in [0, 0.05) is 29.2 Å². The highest BCUT2D eigenvalue weighted by Crippen LogP contribution is 2.26. The van der Waals surface area contributed by atoms with Crippen LogP contribution >= 0.6 is 11.6 Å². The van der Waals surface area contributed by atoms with Gasteiger partial charge in [0.25, 0.3) is 5.91 Å². The Morgan fingerprint density at radius 3 is 2.52 bits per heavy atom. The van der Waals surface area contributed by atoms with E-state index >= 15 is 0 Å². The van der Waals surface area contributed by atoms with E-state index in [9.17, 15) is 4.79 Å². The van der Waals surface area contributed by atoms with Crippen LogP contribution in [0.5, 0.6) is 0 Å². The quantitative estimate of drug-likeness (QED) is 0.673. The number of halogens is 1. The molecule has 1 aliphatic heterocycles. The molecule has 2 heterocycles. The molecule has 0 aliphatic carbocycles. The number of nitrogens with zero attached hydrogens (tertiary/aromatic N) is 2. The molecule has 1 fully saturated rings. The average molecular weight is 380 g/mol. The van der Waals surface area contributed by atoms with Crippen LogP contribution in [0.1, 0.15) is 30.1 Å². The van der Waals surface area contributed by atoms with Gasteiger partial charge in [-0.15, -0.1) is 0 Å². The SMILES string of the molecule is CC1CCCN(C(=O)c2ccc(-c3cc(-c4ccc(Cl)cc4)[nH]n3)cc2)C1. The number of piperidine rings is 1. The molecule has 1 aliphatic rings. The van der Waals surface area contributed by atoms with Crippen molar-refractivity contribution in [2.75, 3.05) is 13.1 Å². The van der Waals surface area contributed by atoms with Gasteiger partial charge in [0.15, 0.2) is 0 Å². The number of rotatable bonds is 3. The fourth-order valence-electron chi connectivity index (χ4n) is 3.59. The molecular weight excluding hydrogens is 358 g/mol. The van der Waals surface area contributed by atoms with Crippen molar-refractivity contribution in [3.63, 3.8) is 0 Å². The minimum Gasteiger partial charge on any atom is -0.338 e. The van der Waals surface area contributed by atoms with Gasteiger partial charge in [-0.2, -0.15) is 5.10 Å². The third-order valence-electron chi connectivity index (χ3n) is 5.10. The van der Waals surface area contributed by atoms with E-state index in [1.807, 2.05) is 59.5 Å². The van der Waals surface area contributed by atoms with Gasteiger partial charge in [-0.3, -0.25) is 9.89 Å². The first-order chi connectivity index (χ1) is 13.1. The Hall–Kier alpha value is -2.59. The average Bonchev–Trinajstić information content (AvgIpc) is 3.18. The number of aromatic amines is 1. The second kappa shape index (κ2) is 7.57. The monoisotopic (exact) mass is 379 g/mol. The fraction of sp³-hybridized carbons (Fsp3) is 0.273. The Morgan fingerprint density at radius 2 is 1.81 bits per heavy atom. The molecule has 1 unspecified atom stereocenters. The number of benzene rings is 2. The second-order valence-corrected chi connectivity index (χ2v) is 7.69. The Labute approximate surface area is 164 Å². The molecular formula is C22H22ClN3O. The standard InChI is InChI=1S/C22H22ClN3O/c1-15-3-2-12-26(14-15)22(27)18-6-4-16(5-7-18)20-13-21(25-24-20)17-8-10-19(23)11-9-17/h4-11,13,15H,2-3,12,14H2,1H3,(H,24,25). The number of nitrogens with one attached hydrogen (secondary N) is 1. The van der Waals surface area contributed by atoms with Crippen molar-refractivity contribution in [1.29, 1.82) is 0 Å². The first-order valence-corrected chi connectivity index (χ1v) is 9.69. The third kappa shape index (κ3) is 3.91. The molecule has 1 saturated heterocycles. The van der Waals surface area contributed by atoms with Crippen molar-refractivity contribution >= 4 is 17.5 Å². The van der Waals surface area contributed by atoms with E-state index in [4.69, 9.17) is 11.6 Å². The number of hydrogen-bond acceptors (Lipinski definition) is 2. The predicted octanol–water partition coefficient (Wildman–Crippen LogP) is 5.27. The summed E-state index contributed by atoms with van der Waals surface area (Å²) in [6, 6.07) is 17.4. The van der Waals surface area contributed by atoms with Crippen LogP contribution in [0.15, 0.2) is 54.6 Å². The highest BCUT2D eigenvalue weighted by Gasteiger charge is 2.22. The number of carbonyl (C=O) groups is 1. The summed E-state index contributed by atoms with van der Waals surface area (Å²) in [5, 5.41) is 8.18. The highest BCUT2D eigenvalue weighted by molar-refractivity contribution is 6.30. The largest absolute Gasteiger partial charge is 0.338 e. The number of aromatic nitrogens is 2. The highest BCUT2D eigenvalue weighted by atomic mass is 35.5. The van der Waals surface area contributed by atoms with Crippen molar-refractivity contribution in [1.82, 2.24) is 15.1 Å². The van der Waals surface area contributed by atoms with E-state index in [-0.39, 0.29) is 5.91 Å². The molecule has 0 saturated carbocycles. The maximum Gasteiger partial charge on any atom is 0.253 e. The Kier molecular flexibility index (Phi) is 4.99. The summed E-state index contributed by atoms with van der Waals surface area (Å²) in [5.74, 6) is 0.703. The number of likely N-dealkylation sites (tertiary alicyclic amines) is 1. The molecule has 3 aromatic rings. The van der Waals surface area contributed by atoms with E-state index in [0.717, 1.165) is 47.6 Å². The van der Waals surface area contributed by atoms with Crippen LogP contribution in [0, 0.1) is 5.92 Å². The Morgan fingerprint density at radius 1 is 1.11 bits per heavy atom. The lowest BCUT2D eigenvalue weighted by molar-refractivity contribution is 0.0683. The smallest absolute Gasteiger partial charge is 0.253 e. The van der Waals surface area contributed by atoms with Crippen LogP contribution in [0.25, 0.3) is 22.5 Å². The molecule has 1 N–H and O–H groups in total. The molecule has 1 atom stereocenters. The van der Waals surface area contributed by atoms with Crippen molar-refractivity contribution in [2.24, 2.45) is 5.92 Å². The lowest BCUT2D eigenvalue weighted by Crippen LogP contribution is -2.39. The van der Waals surface area contributed by atoms with Gasteiger partial charge in [-0.1, -0.05) is 42.8 Å². The molecule has 138 valence electrons. The molecule has 2 aromatic carbocycles. The topological polar surface area (TPSA) is 49.0 Å². The fourth-order valence-corrected chi connectivity index (χ4v) is 3.71. The zero-order valence-corrected chi connectivity index (χ0v) is 16.0. The number of hydrogen-bond donors (Lipinski definition) is 1. The molecule has 1 amide bonds. The second-order valence-electron chi connectivity index (χ2n) is 7.25. The number of amides is 1. The van der Waals surface area contributed by atoms with Gasteiger partial charge in [0.1, 0.15) is 0 Å². The van der Waals surface area contributed by atoms with Crippen molar-refractivity contribution < 1.29 is 4.79 Å². The van der Waals surface area contributed by atoms with Crippen LogP contribution in [-0.4, -0.2) is 34.1 Å². The van der Waals surface area contributed by atoms with E-state index < -0.39 is 0 Å². The van der Waals surface area contributed by atoms with E-state index in [0.29, 0.717) is 10.9 Å². The third-order valence-corrected chi connectivity index (χ3v) is 5.36. The van der Waals surface area contributed by atoms with Gasteiger partial charge in [-0.05, 0) is 54.7 Å². The van der Waals surface area contributed by atoms with E-state index in [1.54, 1.807) is 0 Å². The summed E-state index contributed by atoms with van der Waals surface area (Å²) in [5.41, 5.74) is 4.54. The van der Waals surface area contributed by atoms with Gasteiger partial charge >= 0.3 is 0 Å². The first kappa shape index (κ1) is 17.8. The lowest BCUT2D eigenvalue weighted by atomic mass is 9.99.